The molecule has 132 valence electrons. The molecule has 2 aromatic rings. The Kier molecular flexibility index (Phi) is 5.11. The Morgan fingerprint density at radius 3 is 2.68 bits per heavy atom. The molecule has 0 aliphatic heterocycles. The number of carbonyl (C=O) groups is 2. The molecule has 3 rings (SSSR count). The molecule has 1 aromatic carbocycles. The molecule has 1 heterocycles. The molecule has 1 unspecified atom stereocenters. The number of nitrogens with one attached hydrogen (secondary N) is 1. The number of benzene rings is 1. The largest absolute Gasteiger partial charge is 0.481 e. The Morgan fingerprint density at radius 2 is 2.00 bits per heavy atom. The number of rotatable bonds is 6. The van der Waals surface area contributed by atoms with Crippen molar-refractivity contribution in [2.45, 2.75) is 32.1 Å². The summed E-state index contributed by atoms with van der Waals surface area (Å²) in [4.78, 5) is 27.6. The first kappa shape index (κ1) is 17.1. The van der Waals surface area contributed by atoms with Crippen LogP contribution in [0.3, 0.4) is 0 Å². The summed E-state index contributed by atoms with van der Waals surface area (Å²) in [5.74, 6) is -0.678. The van der Waals surface area contributed by atoms with Crippen molar-refractivity contribution in [2.75, 3.05) is 6.54 Å². The van der Waals surface area contributed by atoms with E-state index in [9.17, 15) is 9.59 Å². The van der Waals surface area contributed by atoms with E-state index in [0.717, 1.165) is 5.56 Å². The van der Waals surface area contributed by atoms with Gasteiger partial charge in [0.2, 0.25) is 17.6 Å². The number of aromatic nitrogens is 2. The van der Waals surface area contributed by atoms with Gasteiger partial charge in [-0.1, -0.05) is 42.4 Å². The second-order valence-electron chi connectivity index (χ2n) is 6.51. The van der Waals surface area contributed by atoms with Crippen LogP contribution in [0.1, 0.15) is 38.0 Å². The second-order valence-corrected chi connectivity index (χ2v) is 6.51. The van der Waals surface area contributed by atoms with Crippen LogP contribution in [0, 0.1) is 11.8 Å². The minimum atomic E-state index is -0.817. The van der Waals surface area contributed by atoms with Gasteiger partial charge >= 0.3 is 5.97 Å². The smallest absolute Gasteiger partial charge is 0.306 e. The van der Waals surface area contributed by atoms with Crippen LogP contribution in [0.2, 0.25) is 0 Å². The highest BCUT2D eigenvalue weighted by Gasteiger charge is 2.33. The van der Waals surface area contributed by atoms with Crippen molar-refractivity contribution >= 4 is 11.9 Å². The molecule has 1 aliphatic carbocycles. The lowest BCUT2D eigenvalue weighted by molar-refractivity contribution is -0.141. The second kappa shape index (κ2) is 7.46. The molecular formula is C18H21N3O4. The van der Waals surface area contributed by atoms with Crippen LogP contribution in [0.4, 0.5) is 0 Å². The van der Waals surface area contributed by atoms with Crippen molar-refractivity contribution in [1.82, 2.24) is 15.5 Å². The van der Waals surface area contributed by atoms with Crippen LogP contribution in [-0.4, -0.2) is 33.7 Å². The quantitative estimate of drug-likeness (QED) is 0.834. The van der Waals surface area contributed by atoms with Crippen molar-refractivity contribution in [3.63, 3.8) is 0 Å². The first-order chi connectivity index (χ1) is 12.0. The number of amides is 1. The summed E-state index contributed by atoms with van der Waals surface area (Å²) in [5.41, 5.74) is 0.874. The Labute approximate surface area is 145 Å². The number of hydrogen-bond acceptors (Lipinski definition) is 5. The monoisotopic (exact) mass is 343 g/mol. The van der Waals surface area contributed by atoms with Gasteiger partial charge in [-0.15, -0.1) is 0 Å². The predicted molar refractivity (Wildman–Crippen MR) is 89.6 cm³/mol. The molecule has 0 radical (unpaired) electrons. The van der Waals surface area contributed by atoms with Gasteiger partial charge in [0.1, 0.15) is 0 Å². The summed E-state index contributed by atoms with van der Waals surface area (Å²) >= 11 is 0. The Morgan fingerprint density at radius 1 is 1.28 bits per heavy atom. The first-order valence-corrected chi connectivity index (χ1v) is 8.44. The average molecular weight is 343 g/mol. The van der Waals surface area contributed by atoms with E-state index >= 15 is 0 Å². The minimum absolute atomic E-state index is 0.0987. The van der Waals surface area contributed by atoms with Crippen LogP contribution in [0.25, 0.3) is 11.4 Å². The summed E-state index contributed by atoms with van der Waals surface area (Å²) in [5, 5.41) is 15.9. The van der Waals surface area contributed by atoms with Gasteiger partial charge in [0.15, 0.2) is 0 Å². The lowest BCUT2D eigenvalue weighted by Crippen LogP contribution is -2.32. The van der Waals surface area contributed by atoms with Gasteiger partial charge in [0, 0.05) is 18.0 Å². The summed E-state index contributed by atoms with van der Waals surface area (Å²) in [6.45, 7) is 2.28. The molecule has 1 saturated carbocycles. The van der Waals surface area contributed by atoms with Gasteiger partial charge in [0.25, 0.3) is 0 Å². The number of carbonyl (C=O) groups excluding carboxylic acids is 1. The van der Waals surface area contributed by atoms with Gasteiger partial charge < -0.3 is 14.9 Å². The van der Waals surface area contributed by atoms with Crippen LogP contribution in [-0.2, 0) is 9.59 Å². The highest BCUT2D eigenvalue weighted by Crippen LogP contribution is 2.31. The molecule has 0 saturated heterocycles. The minimum Gasteiger partial charge on any atom is -0.481 e. The summed E-state index contributed by atoms with van der Waals surface area (Å²) in [6.07, 6.45) is 1.59. The first-order valence-electron chi connectivity index (χ1n) is 8.44. The zero-order valence-electron chi connectivity index (χ0n) is 14.0. The van der Waals surface area contributed by atoms with Gasteiger partial charge in [-0.05, 0) is 19.3 Å². The number of hydrogen-bond donors (Lipinski definition) is 2. The van der Waals surface area contributed by atoms with E-state index in [2.05, 4.69) is 15.5 Å². The Hall–Kier alpha value is -2.70. The van der Waals surface area contributed by atoms with Crippen LogP contribution in [0.5, 0.6) is 0 Å². The highest BCUT2D eigenvalue weighted by molar-refractivity contribution is 5.80. The van der Waals surface area contributed by atoms with Crippen LogP contribution in [0.15, 0.2) is 34.9 Å². The van der Waals surface area contributed by atoms with Crippen molar-refractivity contribution in [2.24, 2.45) is 11.8 Å². The third kappa shape index (κ3) is 4.04. The van der Waals surface area contributed by atoms with Crippen molar-refractivity contribution < 1.29 is 19.2 Å². The zero-order valence-corrected chi connectivity index (χ0v) is 14.0. The number of carboxylic acid groups (broad SMARTS) is 1. The maximum atomic E-state index is 12.2. The molecule has 3 atom stereocenters. The zero-order chi connectivity index (χ0) is 17.8. The summed E-state index contributed by atoms with van der Waals surface area (Å²) < 4.78 is 5.30. The topological polar surface area (TPSA) is 105 Å². The third-order valence-corrected chi connectivity index (χ3v) is 4.63. The third-order valence-electron chi connectivity index (χ3n) is 4.63. The SMILES string of the molecule is CC(CNC(=O)[C@@H]1CC[C@H](C(=O)O)C1)c1nc(-c2ccccc2)no1. The van der Waals surface area contributed by atoms with E-state index in [-0.39, 0.29) is 17.7 Å². The molecule has 1 aliphatic rings. The highest BCUT2D eigenvalue weighted by atomic mass is 16.5. The molecule has 7 heteroatoms. The predicted octanol–water partition coefficient (Wildman–Crippen LogP) is 2.46. The number of aliphatic carboxylic acids is 1. The fourth-order valence-corrected chi connectivity index (χ4v) is 3.07. The van der Waals surface area contributed by atoms with Gasteiger partial charge in [-0.2, -0.15) is 4.98 Å². The maximum Gasteiger partial charge on any atom is 0.306 e. The molecule has 1 aromatic heterocycles. The van der Waals surface area contributed by atoms with Gasteiger partial charge in [-0.25, -0.2) is 0 Å². The number of carboxylic acids is 1. The standard InChI is InChI=1S/C18H21N3O4/c1-11(10-19-16(22)13-7-8-14(9-13)18(23)24)17-20-15(21-25-17)12-5-3-2-4-6-12/h2-6,11,13-14H,7-10H2,1H3,(H,19,22)(H,23,24)/t11?,13-,14+/m1/s1. The Balaban J connectivity index is 1.53. The lowest BCUT2D eigenvalue weighted by atomic mass is 10.0. The fourth-order valence-electron chi connectivity index (χ4n) is 3.07. The molecule has 1 amide bonds. The average Bonchev–Trinajstić information content (AvgIpc) is 3.29. The van der Waals surface area contributed by atoms with Crippen LogP contribution >= 0.6 is 0 Å². The normalized spacial score (nSPS) is 21.0. The van der Waals surface area contributed by atoms with E-state index in [1.54, 1.807) is 0 Å². The van der Waals surface area contributed by atoms with Crippen LogP contribution < -0.4 is 5.32 Å². The van der Waals surface area contributed by atoms with Crippen molar-refractivity contribution in [1.29, 1.82) is 0 Å². The maximum absolute atomic E-state index is 12.2. The fraction of sp³-hybridized carbons (Fsp3) is 0.444. The van der Waals surface area contributed by atoms with Crippen molar-refractivity contribution in [3.8, 4) is 11.4 Å². The molecule has 0 bridgehead atoms. The lowest BCUT2D eigenvalue weighted by Gasteiger charge is -2.12. The molecule has 25 heavy (non-hydrogen) atoms. The van der Waals surface area contributed by atoms with E-state index < -0.39 is 11.9 Å². The summed E-state index contributed by atoms with van der Waals surface area (Å²) in [6, 6.07) is 9.53. The molecular weight excluding hydrogens is 322 g/mol. The molecule has 1 fully saturated rings. The van der Waals surface area contributed by atoms with E-state index in [4.69, 9.17) is 9.63 Å². The summed E-state index contributed by atoms with van der Waals surface area (Å²) in [7, 11) is 0. The van der Waals surface area contributed by atoms with E-state index in [1.165, 1.54) is 0 Å². The van der Waals surface area contributed by atoms with E-state index in [1.807, 2.05) is 37.3 Å². The number of nitrogens with zero attached hydrogens (tertiary/aromatic N) is 2. The molecule has 2 N–H and O–H groups in total. The molecule has 0 spiro atoms. The Bertz CT molecular complexity index is 744. The van der Waals surface area contributed by atoms with Crippen molar-refractivity contribution in [3.05, 3.63) is 36.2 Å². The van der Waals surface area contributed by atoms with Gasteiger partial charge in [-0.3, -0.25) is 9.59 Å². The molecule has 7 nitrogen and oxygen atoms in total. The van der Waals surface area contributed by atoms with Gasteiger partial charge in [0.05, 0.1) is 11.8 Å². The van der Waals surface area contributed by atoms with E-state index in [0.29, 0.717) is 37.5 Å².